The average molecular weight is 327 g/mol. The Bertz CT molecular complexity index is 755. The van der Waals surface area contributed by atoms with Gasteiger partial charge in [0.25, 0.3) is 0 Å². The molecule has 3 rings (SSSR count). The van der Waals surface area contributed by atoms with Crippen LogP contribution in [0.3, 0.4) is 0 Å². The molecule has 0 radical (unpaired) electrons. The Morgan fingerprint density at radius 2 is 1.87 bits per heavy atom. The number of thiophene rings is 1. The molecule has 1 aromatic heterocycles. The van der Waals surface area contributed by atoms with Crippen LogP contribution in [0, 0.1) is 0 Å². The first kappa shape index (κ1) is 16.0. The molecule has 2 aromatic carbocycles. The number of hydrogen-bond donors (Lipinski definition) is 1. The molecule has 3 aromatic rings. The first-order valence-corrected chi connectivity index (χ1v) is 8.59. The fraction of sp³-hybridized carbons (Fsp3) is 0.263. The summed E-state index contributed by atoms with van der Waals surface area (Å²) in [6.07, 6.45) is 0. The van der Waals surface area contributed by atoms with Crippen molar-refractivity contribution in [3.8, 4) is 5.75 Å². The van der Waals surface area contributed by atoms with E-state index >= 15 is 0 Å². The van der Waals surface area contributed by atoms with Crippen LogP contribution < -0.4 is 4.74 Å². The highest BCUT2D eigenvalue weighted by atomic mass is 32.1. The van der Waals surface area contributed by atoms with E-state index in [0.29, 0.717) is 6.54 Å². The van der Waals surface area contributed by atoms with Crippen molar-refractivity contribution in [2.24, 2.45) is 0 Å². The predicted molar refractivity (Wildman–Crippen MR) is 96.0 cm³/mol. The second kappa shape index (κ2) is 7.59. The summed E-state index contributed by atoms with van der Waals surface area (Å²) in [7, 11) is 1.69. The number of benzene rings is 2. The van der Waals surface area contributed by atoms with Crippen LogP contribution in [0.1, 0.15) is 10.4 Å². The number of aliphatic hydroxyl groups is 1. The van der Waals surface area contributed by atoms with Gasteiger partial charge in [-0.2, -0.15) is 0 Å². The SMILES string of the molecule is COc1ccc2cc(CN(CCO)Cc3cccs3)ccc2c1. The molecule has 0 aliphatic rings. The molecular formula is C19H21NO2S. The summed E-state index contributed by atoms with van der Waals surface area (Å²) in [6.45, 7) is 2.56. The number of nitrogens with zero attached hydrogens (tertiary/aromatic N) is 1. The maximum absolute atomic E-state index is 9.32. The highest BCUT2D eigenvalue weighted by Crippen LogP contribution is 2.23. The Morgan fingerprint density at radius 3 is 2.61 bits per heavy atom. The molecule has 3 nitrogen and oxygen atoms in total. The van der Waals surface area contributed by atoms with Gasteiger partial charge >= 0.3 is 0 Å². The summed E-state index contributed by atoms with van der Waals surface area (Å²) in [4.78, 5) is 3.60. The Balaban J connectivity index is 1.77. The van der Waals surface area contributed by atoms with Crippen LogP contribution in [0.4, 0.5) is 0 Å². The number of ether oxygens (including phenoxy) is 1. The van der Waals surface area contributed by atoms with E-state index in [1.165, 1.54) is 21.2 Å². The lowest BCUT2D eigenvalue weighted by Crippen LogP contribution is -2.25. The Morgan fingerprint density at radius 1 is 1.04 bits per heavy atom. The summed E-state index contributed by atoms with van der Waals surface area (Å²) in [5.41, 5.74) is 1.26. The highest BCUT2D eigenvalue weighted by molar-refractivity contribution is 7.09. The predicted octanol–water partition coefficient (Wildman–Crippen LogP) is 3.90. The van der Waals surface area contributed by atoms with E-state index in [1.807, 2.05) is 6.07 Å². The van der Waals surface area contributed by atoms with Gasteiger partial charge in [-0.1, -0.05) is 24.3 Å². The first-order valence-electron chi connectivity index (χ1n) is 7.71. The lowest BCUT2D eigenvalue weighted by Gasteiger charge is -2.21. The molecule has 0 aliphatic carbocycles. The molecule has 0 aliphatic heterocycles. The lowest BCUT2D eigenvalue weighted by atomic mass is 10.1. The molecule has 120 valence electrons. The molecule has 4 heteroatoms. The van der Waals surface area contributed by atoms with Crippen LogP contribution in [0.5, 0.6) is 5.75 Å². The molecule has 0 bridgehead atoms. The maximum Gasteiger partial charge on any atom is 0.119 e. The van der Waals surface area contributed by atoms with Gasteiger partial charge < -0.3 is 9.84 Å². The van der Waals surface area contributed by atoms with Crippen molar-refractivity contribution in [2.45, 2.75) is 13.1 Å². The minimum absolute atomic E-state index is 0.177. The second-order valence-electron chi connectivity index (χ2n) is 5.56. The molecule has 23 heavy (non-hydrogen) atoms. The molecule has 0 spiro atoms. The van der Waals surface area contributed by atoms with Crippen molar-refractivity contribution in [1.82, 2.24) is 4.90 Å². The van der Waals surface area contributed by atoms with Crippen molar-refractivity contribution in [3.05, 3.63) is 64.4 Å². The largest absolute Gasteiger partial charge is 0.497 e. The van der Waals surface area contributed by atoms with Crippen molar-refractivity contribution in [2.75, 3.05) is 20.3 Å². The molecule has 0 saturated carbocycles. The maximum atomic E-state index is 9.32. The minimum atomic E-state index is 0.177. The van der Waals surface area contributed by atoms with Gasteiger partial charge in [0.05, 0.1) is 13.7 Å². The topological polar surface area (TPSA) is 32.7 Å². The van der Waals surface area contributed by atoms with Gasteiger partial charge in [-0.05, 0) is 46.0 Å². The molecule has 1 N–H and O–H groups in total. The molecule has 1 heterocycles. The van der Waals surface area contributed by atoms with Gasteiger partial charge in [0.1, 0.15) is 5.75 Å². The van der Waals surface area contributed by atoms with Crippen LogP contribution in [-0.2, 0) is 13.1 Å². The van der Waals surface area contributed by atoms with E-state index in [2.05, 4.69) is 52.7 Å². The lowest BCUT2D eigenvalue weighted by molar-refractivity contribution is 0.185. The van der Waals surface area contributed by atoms with E-state index in [4.69, 9.17) is 4.74 Å². The van der Waals surface area contributed by atoms with Crippen LogP contribution in [-0.4, -0.2) is 30.3 Å². The third-order valence-corrected chi connectivity index (χ3v) is 4.75. The number of fused-ring (bicyclic) bond motifs is 1. The average Bonchev–Trinajstić information content (AvgIpc) is 3.07. The zero-order chi connectivity index (χ0) is 16.1. The van der Waals surface area contributed by atoms with E-state index in [9.17, 15) is 5.11 Å². The first-order chi connectivity index (χ1) is 11.3. The van der Waals surface area contributed by atoms with E-state index in [0.717, 1.165) is 18.8 Å². The number of aliphatic hydroxyl groups excluding tert-OH is 1. The van der Waals surface area contributed by atoms with Gasteiger partial charge in [-0.3, -0.25) is 4.90 Å². The zero-order valence-corrected chi connectivity index (χ0v) is 14.1. The van der Waals surface area contributed by atoms with Crippen LogP contribution in [0.2, 0.25) is 0 Å². The summed E-state index contributed by atoms with van der Waals surface area (Å²) >= 11 is 1.76. The van der Waals surface area contributed by atoms with Crippen molar-refractivity contribution in [1.29, 1.82) is 0 Å². The molecule has 0 atom stereocenters. The van der Waals surface area contributed by atoms with E-state index in [1.54, 1.807) is 18.4 Å². The van der Waals surface area contributed by atoms with Crippen molar-refractivity contribution in [3.63, 3.8) is 0 Å². The second-order valence-corrected chi connectivity index (χ2v) is 6.59. The van der Waals surface area contributed by atoms with E-state index in [-0.39, 0.29) is 6.61 Å². The Hall–Kier alpha value is -1.88. The van der Waals surface area contributed by atoms with Crippen molar-refractivity contribution < 1.29 is 9.84 Å². The van der Waals surface area contributed by atoms with Crippen LogP contribution in [0.15, 0.2) is 53.9 Å². The normalized spacial score (nSPS) is 11.3. The van der Waals surface area contributed by atoms with Crippen LogP contribution >= 0.6 is 11.3 Å². The summed E-state index contributed by atoms with van der Waals surface area (Å²) in [5.74, 6) is 0.879. The fourth-order valence-corrected chi connectivity index (χ4v) is 3.48. The highest BCUT2D eigenvalue weighted by Gasteiger charge is 2.08. The third-order valence-electron chi connectivity index (χ3n) is 3.89. The van der Waals surface area contributed by atoms with Gasteiger partial charge in [0, 0.05) is 24.5 Å². The number of methoxy groups -OCH3 is 1. The standard InChI is InChI=1S/C19H21NO2S/c1-22-18-7-6-16-11-15(4-5-17(16)12-18)13-20(8-9-21)14-19-3-2-10-23-19/h2-7,10-12,21H,8-9,13-14H2,1H3. The molecule has 0 amide bonds. The van der Waals surface area contributed by atoms with Crippen molar-refractivity contribution >= 4 is 22.1 Å². The van der Waals surface area contributed by atoms with Crippen LogP contribution in [0.25, 0.3) is 10.8 Å². The summed E-state index contributed by atoms with van der Waals surface area (Å²) in [6, 6.07) is 16.8. The molecular weight excluding hydrogens is 306 g/mol. The molecule has 0 unspecified atom stereocenters. The third kappa shape index (κ3) is 4.10. The van der Waals surface area contributed by atoms with Gasteiger partial charge in [-0.15, -0.1) is 11.3 Å². The van der Waals surface area contributed by atoms with E-state index < -0.39 is 0 Å². The quantitative estimate of drug-likeness (QED) is 0.714. The monoisotopic (exact) mass is 327 g/mol. The Labute approximate surface area is 140 Å². The molecule has 0 saturated heterocycles. The Kier molecular flexibility index (Phi) is 5.28. The fourth-order valence-electron chi connectivity index (χ4n) is 2.74. The molecule has 0 fully saturated rings. The minimum Gasteiger partial charge on any atom is -0.497 e. The smallest absolute Gasteiger partial charge is 0.119 e. The summed E-state index contributed by atoms with van der Waals surface area (Å²) in [5, 5.41) is 13.8. The van der Waals surface area contributed by atoms with Gasteiger partial charge in [0.2, 0.25) is 0 Å². The number of hydrogen-bond acceptors (Lipinski definition) is 4. The number of rotatable bonds is 7. The zero-order valence-electron chi connectivity index (χ0n) is 13.2. The summed E-state index contributed by atoms with van der Waals surface area (Å²) < 4.78 is 5.27. The van der Waals surface area contributed by atoms with Gasteiger partial charge in [0.15, 0.2) is 0 Å². The van der Waals surface area contributed by atoms with Gasteiger partial charge in [-0.25, -0.2) is 0 Å².